The molecule has 1 nitrogen and oxygen atoms in total. The number of hydrogen-bond donors (Lipinski definition) is 0. The van der Waals surface area contributed by atoms with E-state index in [0.29, 0.717) is 6.04 Å². The van der Waals surface area contributed by atoms with Gasteiger partial charge in [-0.3, -0.25) is 4.99 Å². The lowest BCUT2D eigenvalue weighted by atomic mass is 10.0. The molecule has 0 aromatic heterocycles. The second-order valence-corrected chi connectivity index (χ2v) is 2.89. The predicted octanol–water partition coefficient (Wildman–Crippen LogP) is 2.76. The van der Waals surface area contributed by atoms with Crippen LogP contribution < -0.4 is 0 Å². The first-order valence-corrected chi connectivity index (χ1v) is 4.20. The summed E-state index contributed by atoms with van der Waals surface area (Å²) in [4.78, 5) is 4.39. The minimum Gasteiger partial charge on any atom is -0.285 e. The van der Waals surface area contributed by atoms with Gasteiger partial charge in [0.15, 0.2) is 0 Å². The molecule has 1 aliphatic rings. The minimum absolute atomic E-state index is 0.344. The van der Waals surface area contributed by atoms with E-state index in [2.05, 4.69) is 35.3 Å². The number of dihydropyridines is 1. The molecule has 0 bridgehead atoms. The molecular formula is C11H11N. The fraction of sp³-hybridized carbons (Fsp3) is 0.182. The van der Waals surface area contributed by atoms with E-state index in [-0.39, 0.29) is 0 Å². The molecule has 1 aromatic rings. The van der Waals surface area contributed by atoms with Crippen LogP contribution in [0.25, 0.3) is 0 Å². The molecule has 0 saturated heterocycles. The number of nitrogens with zero attached hydrogens (tertiary/aromatic N) is 1. The third kappa shape index (κ3) is 1.45. The van der Waals surface area contributed by atoms with Crippen LogP contribution in [0.2, 0.25) is 0 Å². The van der Waals surface area contributed by atoms with Crippen molar-refractivity contribution in [2.45, 2.75) is 12.5 Å². The van der Waals surface area contributed by atoms with Gasteiger partial charge in [-0.2, -0.15) is 0 Å². The molecule has 1 aliphatic heterocycles. The van der Waals surface area contributed by atoms with Crippen LogP contribution in [0, 0.1) is 0 Å². The normalized spacial score (nSPS) is 21.2. The summed E-state index contributed by atoms with van der Waals surface area (Å²) in [6.45, 7) is 0. The highest BCUT2D eigenvalue weighted by Crippen LogP contribution is 2.22. The molecule has 0 spiro atoms. The van der Waals surface area contributed by atoms with Gasteiger partial charge in [-0.05, 0) is 18.1 Å². The van der Waals surface area contributed by atoms with E-state index in [9.17, 15) is 0 Å². The standard InChI is InChI=1S/C11H11N/c1-2-6-10(7-3-1)11-8-4-5-9-12-11/h1-7,9,11H,8H2. The van der Waals surface area contributed by atoms with Gasteiger partial charge in [0.05, 0.1) is 6.04 Å². The lowest BCUT2D eigenvalue weighted by Crippen LogP contribution is -1.96. The number of benzene rings is 1. The van der Waals surface area contributed by atoms with Gasteiger partial charge in [-0.15, -0.1) is 0 Å². The molecule has 1 atom stereocenters. The highest BCUT2D eigenvalue weighted by molar-refractivity contribution is 5.72. The molecule has 0 saturated carbocycles. The van der Waals surface area contributed by atoms with Gasteiger partial charge < -0.3 is 0 Å². The van der Waals surface area contributed by atoms with E-state index in [1.54, 1.807) is 0 Å². The van der Waals surface area contributed by atoms with Gasteiger partial charge >= 0.3 is 0 Å². The van der Waals surface area contributed by atoms with Crippen molar-refractivity contribution in [2.75, 3.05) is 0 Å². The molecule has 0 radical (unpaired) electrons. The molecule has 0 N–H and O–H groups in total. The topological polar surface area (TPSA) is 12.4 Å². The van der Waals surface area contributed by atoms with E-state index >= 15 is 0 Å². The quantitative estimate of drug-likeness (QED) is 0.594. The Morgan fingerprint density at radius 3 is 2.67 bits per heavy atom. The Kier molecular flexibility index (Phi) is 2.04. The molecule has 0 amide bonds. The number of aliphatic imine (C=N–C) groups is 1. The van der Waals surface area contributed by atoms with Crippen LogP contribution in [-0.4, -0.2) is 6.21 Å². The van der Waals surface area contributed by atoms with Crippen molar-refractivity contribution in [3.63, 3.8) is 0 Å². The smallest absolute Gasteiger partial charge is 0.0783 e. The van der Waals surface area contributed by atoms with Crippen molar-refractivity contribution in [1.29, 1.82) is 0 Å². The predicted molar refractivity (Wildman–Crippen MR) is 51.4 cm³/mol. The van der Waals surface area contributed by atoms with Gasteiger partial charge in [-0.25, -0.2) is 0 Å². The Morgan fingerprint density at radius 2 is 2.00 bits per heavy atom. The van der Waals surface area contributed by atoms with Crippen LogP contribution in [-0.2, 0) is 0 Å². The maximum Gasteiger partial charge on any atom is 0.0783 e. The van der Waals surface area contributed by atoms with Gasteiger partial charge in [0.2, 0.25) is 0 Å². The zero-order valence-electron chi connectivity index (χ0n) is 6.85. The zero-order chi connectivity index (χ0) is 8.23. The second kappa shape index (κ2) is 3.35. The zero-order valence-corrected chi connectivity index (χ0v) is 6.85. The summed E-state index contributed by atoms with van der Waals surface area (Å²) in [6, 6.07) is 10.7. The lowest BCUT2D eigenvalue weighted by molar-refractivity contribution is 0.741. The Bertz CT molecular complexity index is 298. The summed E-state index contributed by atoms with van der Waals surface area (Å²) in [5.41, 5.74) is 1.30. The minimum atomic E-state index is 0.344. The van der Waals surface area contributed by atoms with Crippen molar-refractivity contribution in [3.8, 4) is 0 Å². The molecule has 0 aliphatic carbocycles. The van der Waals surface area contributed by atoms with Gasteiger partial charge in [0.25, 0.3) is 0 Å². The molecule has 0 fully saturated rings. The SMILES string of the molecule is C1=CCC(c2ccccc2)N=C1. The lowest BCUT2D eigenvalue weighted by Gasteiger charge is -2.11. The van der Waals surface area contributed by atoms with E-state index < -0.39 is 0 Å². The summed E-state index contributed by atoms with van der Waals surface area (Å²) >= 11 is 0. The number of rotatable bonds is 1. The maximum atomic E-state index is 4.39. The fourth-order valence-electron chi connectivity index (χ4n) is 1.38. The summed E-state index contributed by atoms with van der Waals surface area (Å²) in [5, 5.41) is 0. The maximum absolute atomic E-state index is 4.39. The van der Waals surface area contributed by atoms with Crippen LogP contribution in [0.5, 0.6) is 0 Å². The summed E-state index contributed by atoms with van der Waals surface area (Å²) < 4.78 is 0. The highest BCUT2D eigenvalue weighted by Gasteiger charge is 2.07. The Hall–Kier alpha value is -1.37. The average molecular weight is 157 g/mol. The Morgan fingerprint density at radius 1 is 1.17 bits per heavy atom. The van der Waals surface area contributed by atoms with Gasteiger partial charge in [0, 0.05) is 6.21 Å². The second-order valence-electron chi connectivity index (χ2n) is 2.89. The largest absolute Gasteiger partial charge is 0.285 e. The third-order valence-corrected chi connectivity index (χ3v) is 2.03. The Labute approximate surface area is 72.5 Å². The average Bonchev–Trinajstić information content (AvgIpc) is 2.21. The number of allylic oxidation sites excluding steroid dienone is 1. The molecular weight excluding hydrogens is 146 g/mol. The van der Waals surface area contributed by atoms with Crippen molar-refractivity contribution < 1.29 is 0 Å². The number of hydrogen-bond acceptors (Lipinski definition) is 1. The molecule has 1 unspecified atom stereocenters. The van der Waals surface area contributed by atoms with Gasteiger partial charge in [0.1, 0.15) is 0 Å². The highest BCUT2D eigenvalue weighted by atomic mass is 14.8. The van der Waals surface area contributed by atoms with Crippen LogP contribution in [0.3, 0.4) is 0 Å². The molecule has 60 valence electrons. The van der Waals surface area contributed by atoms with E-state index in [1.807, 2.05) is 18.4 Å². The fourth-order valence-corrected chi connectivity index (χ4v) is 1.38. The molecule has 1 heteroatoms. The molecule has 1 aromatic carbocycles. The van der Waals surface area contributed by atoms with Gasteiger partial charge in [-0.1, -0.05) is 36.4 Å². The monoisotopic (exact) mass is 157 g/mol. The van der Waals surface area contributed by atoms with Crippen molar-refractivity contribution >= 4 is 6.21 Å². The van der Waals surface area contributed by atoms with E-state index in [4.69, 9.17) is 0 Å². The molecule has 1 heterocycles. The van der Waals surface area contributed by atoms with Crippen molar-refractivity contribution in [2.24, 2.45) is 4.99 Å². The van der Waals surface area contributed by atoms with E-state index in [0.717, 1.165) is 6.42 Å². The molecule has 12 heavy (non-hydrogen) atoms. The summed E-state index contributed by atoms with van der Waals surface area (Å²) in [6.07, 6.45) is 7.06. The van der Waals surface area contributed by atoms with Crippen LogP contribution in [0.4, 0.5) is 0 Å². The van der Waals surface area contributed by atoms with Crippen LogP contribution in [0.15, 0.2) is 47.5 Å². The molecule has 2 rings (SSSR count). The van der Waals surface area contributed by atoms with E-state index in [1.165, 1.54) is 5.56 Å². The first-order valence-electron chi connectivity index (χ1n) is 4.20. The third-order valence-electron chi connectivity index (χ3n) is 2.03. The first-order chi connectivity index (χ1) is 5.97. The summed E-state index contributed by atoms with van der Waals surface area (Å²) in [7, 11) is 0. The first kappa shape index (κ1) is 7.29. The van der Waals surface area contributed by atoms with Crippen molar-refractivity contribution in [3.05, 3.63) is 48.0 Å². The van der Waals surface area contributed by atoms with Crippen molar-refractivity contribution in [1.82, 2.24) is 0 Å². The summed E-state index contributed by atoms with van der Waals surface area (Å²) in [5.74, 6) is 0. The van der Waals surface area contributed by atoms with Crippen LogP contribution in [0.1, 0.15) is 18.0 Å². The van der Waals surface area contributed by atoms with Crippen LogP contribution >= 0.6 is 0 Å². The Balaban J connectivity index is 2.21.